The minimum atomic E-state index is -0.231. The van der Waals surface area contributed by atoms with Gasteiger partial charge < -0.3 is 4.74 Å². The first kappa shape index (κ1) is 20.4. The molecular formula is C25H18Cl2O3. The maximum atomic E-state index is 12.6. The topological polar surface area (TPSA) is 43.4 Å². The van der Waals surface area contributed by atoms with Crippen LogP contribution in [0.5, 0.6) is 5.75 Å². The fraction of sp³-hybridized carbons (Fsp3) is 0.120. The Bertz CT molecular complexity index is 1160. The zero-order chi connectivity index (χ0) is 21.4. The number of aryl methyl sites for hydroxylation is 2. The number of carbonyl (C=O) groups excluding carboxylic acids is 2. The Hall–Kier alpha value is -2.88. The first-order valence-electron chi connectivity index (χ1n) is 9.43. The Balaban J connectivity index is 1.59. The smallest absolute Gasteiger partial charge is 0.197 e. The highest BCUT2D eigenvalue weighted by atomic mass is 35.5. The molecule has 0 fully saturated rings. The number of carbonyl (C=O) groups is 2. The van der Waals surface area contributed by atoms with E-state index in [-0.39, 0.29) is 17.1 Å². The van der Waals surface area contributed by atoms with E-state index < -0.39 is 0 Å². The summed E-state index contributed by atoms with van der Waals surface area (Å²) in [5.41, 5.74) is 4.65. The zero-order valence-corrected chi connectivity index (χ0v) is 18.0. The molecule has 3 nitrogen and oxygen atoms in total. The number of halogens is 2. The average molecular weight is 437 g/mol. The molecule has 0 aromatic heterocycles. The van der Waals surface area contributed by atoms with Gasteiger partial charge in [0, 0.05) is 11.1 Å². The van der Waals surface area contributed by atoms with E-state index in [0.29, 0.717) is 27.8 Å². The van der Waals surface area contributed by atoms with E-state index in [0.717, 1.165) is 28.0 Å². The lowest BCUT2D eigenvalue weighted by molar-refractivity contribution is 0.0990. The monoisotopic (exact) mass is 436 g/mol. The highest BCUT2D eigenvalue weighted by Crippen LogP contribution is 2.31. The van der Waals surface area contributed by atoms with E-state index in [4.69, 9.17) is 27.9 Å². The zero-order valence-electron chi connectivity index (χ0n) is 16.5. The van der Waals surface area contributed by atoms with Gasteiger partial charge in [0.15, 0.2) is 11.6 Å². The molecule has 0 heterocycles. The van der Waals surface area contributed by atoms with Crippen LogP contribution in [0.1, 0.15) is 43.0 Å². The van der Waals surface area contributed by atoms with Gasteiger partial charge >= 0.3 is 0 Å². The van der Waals surface area contributed by atoms with E-state index >= 15 is 0 Å². The molecule has 0 saturated carbocycles. The molecular weight excluding hydrogens is 419 g/mol. The van der Waals surface area contributed by atoms with E-state index in [9.17, 15) is 9.59 Å². The SMILES string of the molecule is Cc1cc(C=C2C(=O)c3ccccc3C2=O)cc(C)c1OCc1ccc(Cl)c(Cl)c1. The van der Waals surface area contributed by atoms with Crippen LogP contribution in [0.3, 0.4) is 0 Å². The van der Waals surface area contributed by atoms with Crippen molar-refractivity contribution in [1.29, 1.82) is 0 Å². The predicted octanol–water partition coefficient (Wildman–Crippen LogP) is 6.65. The molecule has 1 aliphatic rings. The Labute approximate surface area is 184 Å². The summed E-state index contributed by atoms with van der Waals surface area (Å²) in [6.07, 6.45) is 1.66. The maximum Gasteiger partial charge on any atom is 0.197 e. The van der Waals surface area contributed by atoms with Gasteiger partial charge in [-0.1, -0.05) is 53.5 Å². The highest BCUT2D eigenvalue weighted by molar-refractivity contribution is 6.42. The predicted molar refractivity (Wildman–Crippen MR) is 120 cm³/mol. The van der Waals surface area contributed by atoms with Crippen LogP contribution in [0.25, 0.3) is 6.08 Å². The van der Waals surface area contributed by atoms with Crippen molar-refractivity contribution in [2.24, 2.45) is 0 Å². The third kappa shape index (κ3) is 3.79. The molecule has 150 valence electrons. The Morgan fingerprint density at radius 3 is 2.00 bits per heavy atom. The fourth-order valence-electron chi connectivity index (χ4n) is 3.65. The van der Waals surface area contributed by atoms with Gasteiger partial charge in [-0.2, -0.15) is 0 Å². The van der Waals surface area contributed by atoms with Gasteiger partial charge in [-0.15, -0.1) is 0 Å². The summed E-state index contributed by atoms with van der Waals surface area (Å²) in [7, 11) is 0. The van der Waals surface area contributed by atoms with E-state index in [1.165, 1.54) is 0 Å². The summed E-state index contributed by atoms with van der Waals surface area (Å²) in [4.78, 5) is 25.3. The van der Waals surface area contributed by atoms with Crippen LogP contribution in [-0.2, 0) is 6.61 Å². The summed E-state index contributed by atoms with van der Waals surface area (Å²) >= 11 is 12.0. The average Bonchev–Trinajstić information content (AvgIpc) is 2.95. The summed E-state index contributed by atoms with van der Waals surface area (Å²) in [5.74, 6) is 0.298. The summed E-state index contributed by atoms with van der Waals surface area (Å²) in [6.45, 7) is 4.23. The molecule has 0 spiro atoms. The molecule has 0 radical (unpaired) electrons. The number of ketones is 2. The van der Waals surface area contributed by atoms with Crippen LogP contribution in [0.4, 0.5) is 0 Å². The molecule has 0 saturated heterocycles. The molecule has 0 bridgehead atoms. The second kappa shape index (κ2) is 8.10. The van der Waals surface area contributed by atoms with Crippen LogP contribution < -0.4 is 4.74 Å². The summed E-state index contributed by atoms with van der Waals surface area (Å²) in [6, 6.07) is 16.1. The molecule has 0 amide bonds. The third-order valence-electron chi connectivity index (χ3n) is 5.07. The van der Waals surface area contributed by atoms with Crippen molar-refractivity contribution in [1.82, 2.24) is 0 Å². The fourth-order valence-corrected chi connectivity index (χ4v) is 3.97. The second-order valence-electron chi connectivity index (χ2n) is 7.28. The Morgan fingerprint density at radius 1 is 0.833 bits per heavy atom. The van der Waals surface area contributed by atoms with Crippen molar-refractivity contribution in [3.63, 3.8) is 0 Å². The van der Waals surface area contributed by atoms with Crippen molar-refractivity contribution >= 4 is 40.8 Å². The number of fused-ring (bicyclic) bond motifs is 1. The standard InChI is InChI=1S/C25H18Cl2O3/c1-14-9-17(11-20-23(28)18-5-3-4-6-19(18)24(20)29)10-15(2)25(14)30-13-16-7-8-21(26)22(27)12-16/h3-12H,13H2,1-2H3. The molecule has 3 aromatic rings. The summed E-state index contributed by atoms with van der Waals surface area (Å²) in [5, 5.41) is 0.989. The summed E-state index contributed by atoms with van der Waals surface area (Å²) < 4.78 is 6.01. The Morgan fingerprint density at radius 2 is 1.43 bits per heavy atom. The number of allylic oxidation sites excluding steroid dienone is 1. The first-order chi connectivity index (χ1) is 14.3. The van der Waals surface area contributed by atoms with E-state index in [1.807, 2.05) is 32.0 Å². The lowest BCUT2D eigenvalue weighted by Crippen LogP contribution is -2.02. The highest BCUT2D eigenvalue weighted by Gasteiger charge is 2.32. The van der Waals surface area contributed by atoms with Crippen molar-refractivity contribution in [2.45, 2.75) is 20.5 Å². The maximum absolute atomic E-state index is 12.6. The van der Waals surface area contributed by atoms with Crippen molar-refractivity contribution < 1.29 is 14.3 Å². The number of ether oxygens (including phenoxy) is 1. The third-order valence-corrected chi connectivity index (χ3v) is 5.81. The minimum Gasteiger partial charge on any atom is -0.488 e. The molecule has 3 aromatic carbocycles. The van der Waals surface area contributed by atoms with Gasteiger partial charge in [0.05, 0.1) is 15.6 Å². The molecule has 1 aliphatic carbocycles. The molecule has 0 N–H and O–H groups in total. The quantitative estimate of drug-likeness (QED) is 0.339. The molecule has 0 atom stereocenters. The van der Waals surface area contributed by atoms with Crippen molar-refractivity contribution in [3.8, 4) is 5.75 Å². The lowest BCUT2D eigenvalue weighted by Gasteiger charge is -2.14. The van der Waals surface area contributed by atoms with Crippen LogP contribution in [0.15, 0.2) is 60.2 Å². The van der Waals surface area contributed by atoms with Gasteiger partial charge in [-0.25, -0.2) is 0 Å². The molecule has 30 heavy (non-hydrogen) atoms. The van der Waals surface area contributed by atoms with Crippen molar-refractivity contribution in [2.75, 3.05) is 0 Å². The number of hydrogen-bond donors (Lipinski definition) is 0. The largest absolute Gasteiger partial charge is 0.488 e. The number of benzene rings is 3. The van der Waals surface area contributed by atoms with Gasteiger partial charge in [0.1, 0.15) is 12.4 Å². The van der Waals surface area contributed by atoms with Crippen LogP contribution in [0.2, 0.25) is 10.0 Å². The van der Waals surface area contributed by atoms with E-state index in [2.05, 4.69) is 0 Å². The number of rotatable bonds is 4. The normalized spacial score (nSPS) is 12.9. The second-order valence-corrected chi connectivity index (χ2v) is 8.10. The Kier molecular flexibility index (Phi) is 5.50. The van der Waals surface area contributed by atoms with Crippen LogP contribution in [-0.4, -0.2) is 11.6 Å². The number of Topliss-reactive ketones (excluding diaryl/α,β-unsaturated/α-hetero) is 2. The van der Waals surface area contributed by atoms with Crippen LogP contribution in [0, 0.1) is 13.8 Å². The molecule has 4 rings (SSSR count). The lowest BCUT2D eigenvalue weighted by atomic mass is 10.0. The molecule has 5 heteroatoms. The molecule has 0 unspecified atom stereocenters. The van der Waals surface area contributed by atoms with Gasteiger partial charge in [-0.3, -0.25) is 9.59 Å². The number of hydrogen-bond acceptors (Lipinski definition) is 3. The first-order valence-corrected chi connectivity index (χ1v) is 10.2. The molecule has 0 aliphatic heterocycles. The van der Waals surface area contributed by atoms with Crippen molar-refractivity contribution in [3.05, 3.63) is 104 Å². The van der Waals surface area contributed by atoms with Crippen LogP contribution >= 0.6 is 23.2 Å². The van der Waals surface area contributed by atoms with Gasteiger partial charge in [0.25, 0.3) is 0 Å². The van der Waals surface area contributed by atoms with Gasteiger partial charge in [-0.05, 0) is 66.4 Å². The minimum absolute atomic E-state index is 0.194. The van der Waals surface area contributed by atoms with E-state index in [1.54, 1.807) is 42.5 Å². The van der Waals surface area contributed by atoms with Gasteiger partial charge in [0.2, 0.25) is 0 Å².